The Balaban J connectivity index is 1.30. The van der Waals surface area contributed by atoms with Crippen LogP contribution in [0.2, 0.25) is 0 Å². The average molecular weight is 478 g/mol. The largest absolute Gasteiger partial charge is 0.417 e. The minimum atomic E-state index is -4.40. The molecule has 184 valence electrons. The summed E-state index contributed by atoms with van der Waals surface area (Å²) < 4.78 is 43.8. The number of rotatable bonds is 5. The van der Waals surface area contributed by atoms with Gasteiger partial charge in [0.15, 0.2) is 0 Å². The third-order valence-electron chi connectivity index (χ3n) is 6.37. The van der Waals surface area contributed by atoms with E-state index in [-0.39, 0.29) is 11.9 Å². The van der Waals surface area contributed by atoms with E-state index in [2.05, 4.69) is 20.1 Å². The first-order valence-corrected chi connectivity index (χ1v) is 11.6. The number of benzene rings is 1. The molecule has 2 saturated heterocycles. The highest BCUT2D eigenvalue weighted by Crippen LogP contribution is 2.29. The van der Waals surface area contributed by atoms with Crippen molar-refractivity contribution in [2.45, 2.75) is 25.6 Å². The number of morpholine rings is 1. The quantitative estimate of drug-likeness (QED) is 0.712. The smallest absolute Gasteiger partial charge is 0.378 e. The van der Waals surface area contributed by atoms with E-state index in [0.717, 1.165) is 62.9 Å². The lowest BCUT2D eigenvalue weighted by Crippen LogP contribution is -2.44. The zero-order chi connectivity index (χ0) is 24.1. The third-order valence-corrected chi connectivity index (χ3v) is 6.37. The van der Waals surface area contributed by atoms with Gasteiger partial charge >= 0.3 is 6.18 Å². The van der Waals surface area contributed by atoms with Crippen LogP contribution >= 0.6 is 0 Å². The number of hydrogen-bond acceptors (Lipinski definition) is 6. The van der Waals surface area contributed by atoms with Gasteiger partial charge in [-0.15, -0.1) is 0 Å². The molecule has 2 aliphatic rings. The molecular formula is C24H30F3N5O2. The van der Waals surface area contributed by atoms with E-state index in [1.807, 2.05) is 36.1 Å². The Bertz CT molecular complexity index is 947. The number of alkyl halides is 3. The molecule has 1 atom stereocenters. The number of nitrogens with zero attached hydrogens (tertiary/aromatic N) is 4. The number of nitrogens with one attached hydrogen (secondary N) is 1. The zero-order valence-electron chi connectivity index (χ0n) is 19.2. The van der Waals surface area contributed by atoms with Gasteiger partial charge in [-0.1, -0.05) is 0 Å². The van der Waals surface area contributed by atoms with Crippen LogP contribution in [-0.2, 0) is 15.7 Å². The number of ether oxygens (including phenoxy) is 1. The lowest BCUT2D eigenvalue weighted by molar-refractivity contribution is -0.137. The Labute approximate surface area is 197 Å². The van der Waals surface area contributed by atoms with Gasteiger partial charge in [0.2, 0.25) is 5.91 Å². The lowest BCUT2D eigenvalue weighted by atomic mass is 10.2. The molecule has 0 radical (unpaired) electrons. The van der Waals surface area contributed by atoms with Crippen LogP contribution in [0.15, 0.2) is 42.6 Å². The summed E-state index contributed by atoms with van der Waals surface area (Å²) in [6.45, 7) is 7.64. The Morgan fingerprint density at radius 3 is 2.35 bits per heavy atom. The molecule has 7 nitrogen and oxygen atoms in total. The van der Waals surface area contributed by atoms with Crippen LogP contribution in [0.4, 0.5) is 30.4 Å². The summed E-state index contributed by atoms with van der Waals surface area (Å²) in [4.78, 5) is 23.2. The molecule has 0 spiro atoms. The van der Waals surface area contributed by atoms with Crippen LogP contribution < -0.4 is 15.1 Å². The molecule has 10 heteroatoms. The van der Waals surface area contributed by atoms with Crippen LogP contribution in [0.1, 0.15) is 18.9 Å². The van der Waals surface area contributed by atoms with Gasteiger partial charge in [0.25, 0.3) is 0 Å². The van der Waals surface area contributed by atoms with Gasteiger partial charge < -0.3 is 19.9 Å². The normalized spacial score (nSPS) is 18.9. The van der Waals surface area contributed by atoms with E-state index >= 15 is 0 Å². The van der Waals surface area contributed by atoms with E-state index in [9.17, 15) is 18.0 Å². The van der Waals surface area contributed by atoms with Crippen LogP contribution in [0.25, 0.3) is 0 Å². The van der Waals surface area contributed by atoms with Crippen molar-refractivity contribution < 1.29 is 22.7 Å². The first-order chi connectivity index (χ1) is 16.3. The Morgan fingerprint density at radius 1 is 0.971 bits per heavy atom. The molecule has 0 saturated carbocycles. The summed E-state index contributed by atoms with van der Waals surface area (Å²) in [5.41, 5.74) is 1.11. The summed E-state index contributed by atoms with van der Waals surface area (Å²) in [6, 6.07) is 9.98. The van der Waals surface area contributed by atoms with E-state index < -0.39 is 11.7 Å². The molecule has 1 aromatic heterocycles. The Morgan fingerprint density at radius 2 is 1.71 bits per heavy atom. The third kappa shape index (κ3) is 5.98. The van der Waals surface area contributed by atoms with Crippen molar-refractivity contribution in [3.63, 3.8) is 0 Å². The number of halogens is 3. The van der Waals surface area contributed by atoms with Gasteiger partial charge in [-0.3, -0.25) is 9.69 Å². The molecule has 2 aliphatic heterocycles. The van der Waals surface area contributed by atoms with Crippen molar-refractivity contribution in [1.29, 1.82) is 0 Å². The minimum Gasteiger partial charge on any atom is -0.378 e. The molecule has 0 bridgehead atoms. The van der Waals surface area contributed by atoms with Crippen LogP contribution in [-0.4, -0.2) is 74.3 Å². The molecule has 1 aromatic carbocycles. The first kappa shape index (κ1) is 24.3. The maximum atomic E-state index is 12.9. The second-order valence-corrected chi connectivity index (χ2v) is 8.59. The van der Waals surface area contributed by atoms with Gasteiger partial charge in [0, 0.05) is 56.8 Å². The van der Waals surface area contributed by atoms with Crippen molar-refractivity contribution in [3.8, 4) is 0 Å². The highest BCUT2D eigenvalue weighted by molar-refractivity contribution is 5.94. The summed E-state index contributed by atoms with van der Waals surface area (Å²) >= 11 is 0. The van der Waals surface area contributed by atoms with Crippen molar-refractivity contribution >= 4 is 23.1 Å². The topological polar surface area (TPSA) is 60.9 Å². The molecule has 34 heavy (non-hydrogen) atoms. The summed E-state index contributed by atoms with van der Waals surface area (Å²) in [5.74, 6) is 0.438. The van der Waals surface area contributed by atoms with Gasteiger partial charge in [-0.2, -0.15) is 13.2 Å². The molecule has 1 unspecified atom stereocenters. The average Bonchev–Trinajstić information content (AvgIpc) is 3.10. The fourth-order valence-electron chi connectivity index (χ4n) is 4.28. The Hall–Kier alpha value is -2.85. The fraction of sp³-hybridized carbons (Fsp3) is 0.500. The van der Waals surface area contributed by atoms with E-state index in [0.29, 0.717) is 25.5 Å². The number of pyridine rings is 1. The number of aromatic nitrogens is 1. The van der Waals surface area contributed by atoms with Crippen molar-refractivity contribution in [2.24, 2.45) is 0 Å². The summed E-state index contributed by atoms with van der Waals surface area (Å²) in [6.07, 6.45) is -2.74. The molecule has 2 fully saturated rings. The maximum absolute atomic E-state index is 12.9. The SMILES string of the molecule is CC(C(=O)Nc1ccc(N2CCOCC2)cc1)N1CCCN(c2ccc(C(F)(F)F)cn2)CC1. The minimum absolute atomic E-state index is 0.0831. The molecule has 1 N–H and O–H groups in total. The second kappa shape index (κ2) is 10.6. The van der Waals surface area contributed by atoms with Crippen molar-refractivity contribution in [3.05, 3.63) is 48.2 Å². The number of amides is 1. The van der Waals surface area contributed by atoms with Gasteiger partial charge in [-0.25, -0.2) is 4.98 Å². The monoisotopic (exact) mass is 477 g/mol. The lowest BCUT2D eigenvalue weighted by Gasteiger charge is -2.29. The molecule has 1 amide bonds. The number of carbonyl (C=O) groups excluding carboxylic acids is 1. The predicted molar refractivity (Wildman–Crippen MR) is 125 cm³/mol. The highest BCUT2D eigenvalue weighted by Gasteiger charge is 2.31. The zero-order valence-corrected chi connectivity index (χ0v) is 19.2. The first-order valence-electron chi connectivity index (χ1n) is 11.6. The number of anilines is 3. The van der Waals surface area contributed by atoms with E-state index in [1.54, 1.807) is 0 Å². The predicted octanol–water partition coefficient (Wildman–Crippen LogP) is 3.48. The molecule has 4 rings (SSSR count). The summed E-state index contributed by atoms with van der Waals surface area (Å²) in [7, 11) is 0. The van der Waals surface area contributed by atoms with Crippen LogP contribution in [0, 0.1) is 0 Å². The second-order valence-electron chi connectivity index (χ2n) is 8.59. The van der Waals surface area contributed by atoms with Crippen LogP contribution in [0.5, 0.6) is 0 Å². The van der Waals surface area contributed by atoms with Crippen LogP contribution in [0.3, 0.4) is 0 Å². The van der Waals surface area contributed by atoms with Crippen molar-refractivity contribution in [1.82, 2.24) is 9.88 Å². The molecule has 2 aromatic rings. The number of hydrogen-bond donors (Lipinski definition) is 1. The van der Waals surface area contributed by atoms with Gasteiger partial charge in [0.05, 0.1) is 24.8 Å². The maximum Gasteiger partial charge on any atom is 0.417 e. The van der Waals surface area contributed by atoms with E-state index in [4.69, 9.17) is 4.74 Å². The molecule has 0 aliphatic carbocycles. The van der Waals surface area contributed by atoms with Gasteiger partial charge in [0.1, 0.15) is 5.82 Å². The van der Waals surface area contributed by atoms with Gasteiger partial charge in [-0.05, 0) is 49.7 Å². The van der Waals surface area contributed by atoms with E-state index in [1.165, 1.54) is 6.07 Å². The highest BCUT2D eigenvalue weighted by atomic mass is 19.4. The summed E-state index contributed by atoms with van der Waals surface area (Å²) in [5, 5.41) is 3.00. The standard InChI is InChI=1S/C24H30F3N5O2/c1-18(23(33)29-20-4-6-21(7-5-20)31-13-15-34-16-14-31)30-9-2-10-32(12-11-30)22-8-3-19(17-28-22)24(25,26)27/h3-8,17-18H,2,9-16H2,1H3,(H,29,33). The Kier molecular flexibility index (Phi) is 7.57. The molecule has 3 heterocycles. The van der Waals surface area contributed by atoms with Crippen molar-refractivity contribution in [2.75, 3.05) is 67.6 Å². The fourth-order valence-corrected chi connectivity index (χ4v) is 4.28. The number of carbonyl (C=O) groups is 1. The molecular weight excluding hydrogens is 447 g/mol.